The molecule has 1 aliphatic rings. The van der Waals surface area contributed by atoms with Crippen LogP contribution in [0.4, 0.5) is 4.39 Å². The summed E-state index contributed by atoms with van der Waals surface area (Å²) in [6.07, 6.45) is 6.49. The Labute approximate surface area is 53.6 Å². The van der Waals surface area contributed by atoms with Crippen LogP contribution in [0.25, 0.3) is 0 Å². The van der Waals surface area contributed by atoms with Crippen molar-refractivity contribution in [1.29, 1.82) is 0 Å². The summed E-state index contributed by atoms with van der Waals surface area (Å²) < 4.78 is 12.5. The molecule has 0 amide bonds. The van der Waals surface area contributed by atoms with Crippen LogP contribution in [0.1, 0.15) is 6.92 Å². The van der Waals surface area contributed by atoms with E-state index in [1.165, 1.54) is 6.08 Å². The second-order valence-corrected chi connectivity index (χ2v) is 1.74. The second kappa shape index (κ2) is 2.49. The first-order chi connectivity index (χ1) is 4.34. The summed E-state index contributed by atoms with van der Waals surface area (Å²) >= 11 is 0. The van der Waals surface area contributed by atoms with Crippen LogP contribution in [0, 0.1) is 0 Å². The van der Waals surface area contributed by atoms with Crippen molar-refractivity contribution < 1.29 is 4.39 Å². The molecular weight excluding hydrogens is 117 g/mol. The molecule has 0 aliphatic carbocycles. The summed E-state index contributed by atoms with van der Waals surface area (Å²) in [6, 6.07) is 0. The van der Waals surface area contributed by atoms with Crippen molar-refractivity contribution in [2.75, 3.05) is 0 Å². The molecule has 0 fully saturated rings. The van der Waals surface area contributed by atoms with Gasteiger partial charge in [0.2, 0.25) is 0 Å². The Bertz CT molecular complexity index is 189. The zero-order valence-corrected chi connectivity index (χ0v) is 5.19. The van der Waals surface area contributed by atoms with Crippen molar-refractivity contribution in [3.63, 3.8) is 0 Å². The number of hydrogen-bond donors (Lipinski definition) is 1. The van der Waals surface area contributed by atoms with E-state index in [1.807, 2.05) is 6.92 Å². The number of nitrogens with one attached hydrogen (secondary N) is 1. The van der Waals surface area contributed by atoms with Gasteiger partial charge in [-0.2, -0.15) is 0 Å². The smallest absolute Gasteiger partial charge is 0.148 e. The predicted molar refractivity (Wildman–Crippen MR) is 35.2 cm³/mol. The molecule has 0 saturated carbocycles. The topological polar surface area (TPSA) is 21.9 Å². The van der Waals surface area contributed by atoms with E-state index in [0.29, 0.717) is 5.70 Å². The van der Waals surface area contributed by atoms with E-state index in [-0.39, 0.29) is 5.83 Å². The molecule has 9 heavy (non-hydrogen) atoms. The molecule has 1 nitrogen and oxygen atoms in total. The average Bonchev–Trinajstić information content (AvgIpc) is 2.63. The molecule has 0 bridgehead atoms. The molecule has 1 aliphatic heterocycles. The van der Waals surface area contributed by atoms with E-state index < -0.39 is 0 Å². The molecule has 2 heteroatoms. The Morgan fingerprint density at radius 3 is 2.89 bits per heavy atom. The zero-order chi connectivity index (χ0) is 6.69. The van der Waals surface area contributed by atoms with Gasteiger partial charge in [0.1, 0.15) is 5.83 Å². The highest BCUT2D eigenvalue weighted by molar-refractivity contribution is 5.36. The lowest BCUT2D eigenvalue weighted by atomic mass is 10.4. The standard InChI is InChI=1S/C7H8FN/c1-2-3-4-6(8)7-5-9-7/h2-5,9H,1H3/b3-2+,6-4+. The summed E-state index contributed by atoms with van der Waals surface area (Å²) in [7, 11) is 0. The van der Waals surface area contributed by atoms with Crippen molar-refractivity contribution in [2.24, 2.45) is 0 Å². The summed E-state index contributed by atoms with van der Waals surface area (Å²) in [5.41, 5.74) is 0.591. The first-order valence-electron chi connectivity index (χ1n) is 2.80. The monoisotopic (exact) mass is 125 g/mol. The minimum absolute atomic E-state index is 0.201. The van der Waals surface area contributed by atoms with Crippen LogP contribution in [-0.4, -0.2) is 0 Å². The first-order valence-corrected chi connectivity index (χ1v) is 2.80. The van der Waals surface area contributed by atoms with Crippen molar-refractivity contribution in [3.05, 3.63) is 36.0 Å². The highest BCUT2D eigenvalue weighted by Gasteiger charge is 2.09. The number of hydrogen-bond acceptors (Lipinski definition) is 1. The molecule has 0 unspecified atom stereocenters. The lowest BCUT2D eigenvalue weighted by Crippen LogP contribution is -1.77. The van der Waals surface area contributed by atoms with E-state index in [2.05, 4.69) is 5.32 Å². The maximum atomic E-state index is 12.5. The molecule has 0 radical (unpaired) electrons. The summed E-state index contributed by atoms with van der Waals surface area (Å²) in [4.78, 5) is 0. The van der Waals surface area contributed by atoms with E-state index in [4.69, 9.17) is 0 Å². The molecule has 0 aromatic rings. The quantitative estimate of drug-likeness (QED) is 0.559. The van der Waals surface area contributed by atoms with Gasteiger partial charge in [0.05, 0.1) is 5.70 Å². The minimum atomic E-state index is -0.201. The van der Waals surface area contributed by atoms with Gasteiger partial charge in [-0.15, -0.1) is 0 Å². The number of halogens is 1. The lowest BCUT2D eigenvalue weighted by molar-refractivity contribution is 0.654. The van der Waals surface area contributed by atoms with Gasteiger partial charge in [0.25, 0.3) is 0 Å². The Hall–Kier alpha value is -1.05. The van der Waals surface area contributed by atoms with Crippen LogP contribution in [-0.2, 0) is 0 Å². The highest BCUT2D eigenvalue weighted by atomic mass is 19.1. The van der Waals surface area contributed by atoms with Crippen molar-refractivity contribution in [2.45, 2.75) is 6.92 Å². The van der Waals surface area contributed by atoms with Crippen LogP contribution in [0.15, 0.2) is 36.0 Å². The molecule has 1 N–H and O–H groups in total. The van der Waals surface area contributed by atoms with Gasteiger partial charge in [-0.25, -0.2) is 4.39 Å². The van der Waals surface area contributed by atoms with Crippen LogP contribution in [0.3, 0.4) is 0 Å². The van der Waals surface area contributed by atoms with Crippen LogP contribution >= 0.6 is 0 Å². The molecular formula is C7H8FN. The van der Waals surface area contributed by atoms with Crippen LogP contribution in [0.2, 0.25) is 0 Å². The van der Waals surface area contributed by atoms with Gasteiger partial charge in [-0.05, 0) is 13.0 Å². The largest absolute Gasteiger partial charge is 0.356 e. The lowest BCUT2D eigenvalue weighted by Gasteiger charge is -1.80. The van der Waals surface area contributed by atoms with Gasteiger partial charge >= 0.3 is 0 Å². The highest BCUT2D eigenvalue weighted by Crippen LogP contribution is 2.15. The Kier molecular flexibility index (Phi) is 1.68. The van der Waals surface area contributed by atoms with E-state index in [1.54, 1.807) is 18.4 Å². The van der Waals surface area contributed by atoms with E-state index in [9.17, 15) is 4.39 Å². The van der Waals surface area contributed by atoms with Gasteiger partial charge in [-0.3, -0.25) is 0 Å². The van der Waals surface area contributed by atoms with Gasteiger partial charge in [0, 0.05) is 6.20 Å². The summed E-state index contributed by atoms with van der Waals surface area (Å²) in [5, 5.41) is 2.66. The Balaban J connectivity index is 2.48. The third-order valence-electron chi connectivity index (χ3n) is 0.981. The molecule has 0 saturated heterocycles. The Morgan fingerprint density at radius 1 is 1.78 bits per heavy atom. The molecule has 48 valence electrons. The van der Waals surface area contributed by atoms with Gasteiger partial charge < -0.3 is 5.32 Å². The van der Waals surface area contributed by atoms with Crippen LogP contribution < -0.4 is 5.32 Å². The van der Waals surface area contributed by atoms with E-state index in [0.717, 1.165) is 0 Å². The first kappa shape index (κ1) is 6.08. The zero-order valence-electron chi connectivity index (χ0n) is 5.19. The number of rotatable bonds is 2. The fourth-order valence-corrected chi connectivity index (χ4v) is 0.444. The normalized spacial score (nSPS) is 17.6. The summed E-state index contributed by atoms with van der Waals surface area (Å²) in [5.74, 6) is -0.201. The molecule has 0 spiro atoms. The molecule has 0 atom stereocenters. The van der Waals surface area contributed by atoms with E-state index >= 15 is 0 Å². The molecule has 1 heterocycles. The summed E-state index contributed by atoms with van der Waals surface area (Å²) in [6.45, 7) is 1.85. The minimum Gasteiger partial charge on any atom is -0.356 e. The second-order valence-electron chi connectivity index (χ2n) is 1.74. The fraction of sp³-hybridized carbons (Fsp3) is 0.143. The SMILES string of the molecule is C/C=C/C=C(/F)C1=CN1. The van der Waals surface area contributed by atoms with Gasteiger partial charge in [0.15, 0.2) is 0 Å². The maximum Gasteiger partial charge on any atom is 0.148 e. The fourth-order valence-electron chi connectivity index (χ4n) is 0.444. The van der Waals surface area contributed by atoms with Crippen molar-refractivity contribution >= 4 is 0 Å². The van der Waals surface area contributed by atoms with Crippen molar-refractivity contribution in [1.82, 2.24) is 5.32 Å². The molecule has 0 aromatic heterocycles. The molecule has 1 rings (SSSR count). The predicted octanol–water partition coefficient (Wildman–Crippen LogP) is 1.86. The number of allylic oxidation sites excluding steroid dienone is 4. The maximum absolute atomic E-state index is 12.5. The van der Waals surface area contributed by atoms with Gasteiger partial charge in [-0.1, -0.05) is 12.2 Å². The molecule has 0 aromatic carbocycles. The Morgan fingerprint density at radius 2 is 2.44 bits per heavy atom. The third kappa shape index (κ3) is 1.72. The third-order valence-corrected chi connectivity index (χ3v) is 0.981. The van der Waals surface area contributed by atoms with Crippen LogP contribution in [0.5, 0.6) is 0 Å². The average molecular weight is 125 g/mol. The van der Waals surface area contributed by atoms with Crippen molar-refractivity contribution in [3.8, 4) is 0 Å².